The lowest BCUT2D eigenvalue weighted by Crippen LogP contribution is -2.33. The number of nitrogens with one attached hydrogen (secondary N) is 1. The van der Waals surface area contributed by atoms with E-state index in [9.17, 15) is 13.2 Å². The number of carbonyl (C=O) groups is 1. The number of benzene rings is 2. The Bertz CT molecular complexity index is 754. The minimum atomic E-state index is -3.57. The number of hydrogen-bond donors (Lipinski definition) is 1. The molecule has 5 heteroatoms. The van der Waals surface area contributed by atoms with Crippen molar-refractivity contribution in [2.75, 3.05) is 5.32 Å². The Morgan fingerprint density at radius 2 is 1.64 bits per heavy atom. The van der Waals surface area contributed by atoms with Gasteiger partial charge < -0.3 is 5.32 Å². The maximum absolute atomic E-state index is 12.4. The number of rotatable bonds is 5. The Balaban J connectivity index is 2.12. The summed E-state index contributed by atoms with van der Waals surface area (Å²) in [6.07, 6.45) is 0. The van der Waals surface area contributed by atoms with Crippen LogP contribution in [0.25, 0.3) is 0 Å². The highest BCUT2D eigenvalue weighted by atomic mass is 32.2. The Labute approximate surface area is 131 Å². The van der Waals surface area contributed by atoms with Crippen molar-refractivity contribution in [1.29, 1.82) is 0 Å². The molecule has 0 bridgehead atoms. The van der Waals surface area contributed by atoms with Gasteiger partial charge in [-0.2, -0.15) is 0 Å². The molecule has 116 valence electrons. The fourth-order valence-corrected chi connectivity index (χ4v) is 3.43. The molecule has 0 aliphatic carbocycles. The minimum Gasteiger partial charge on any atom is -0.325 e. The molecule has 0 spiro atoms. The number of carbonyl (C=O) groups excluding carboxylic acids is 1. The summed E-state index contributed by atoms with van der Waals surface area (Å²) in [6.45, 7) is 3.28. The summed E-state index contributed by atoms with van der Waals surface area (Å²) in [5.41, 5.74) is 2.22. The number of aryl methyl sites for hydroxylation is 1. The summed E-state index contributed by atoms with van der Waals surface area (Å²) in [5, 5.41) is 1.53. The Kier molecular flexibility index (Phi) is 4.98. The molecule has 0 aromatic heterocycles. The number of hydrogen-bond acceptors (Lipinski definition) is 3. The van der Waals surface area contributed by atoms with E-state index < -0.39 is 21.0 Å². The molecule has 1 amide bonds. The monoisotopic (exact) mass is 317 g/mol. The van der Waals surface area contributed by atoms with Crippen LogP contribution in [0.3, 0.4) is 0 Å². The van der Waals surface area contributed by atoms with Crippen molar-refractivity contribution in [3.05, 3.63) is 65.7 Å². The molecule has 0 unspecified atom stereocenters. The normalized spacial score (nSPS) is 12.6. The van der Waals surface area contributed by atoms with Gasteiger partial charge in [0.1, 0.15) is 5.25 Å². The molecule has 22 heavy (non-hydrogen) atoms. The summed E-state index contributed by atoms with van der Waals surface area (Å²) >= 11 is 0. The van der Waals surface area contributed by atoms with Crippen molar-refractivity contribution >= 4 is 21.4 Å². The highest BCUT2D eigenvalue weighted by Gasteiger charge is 2.28. The third-order valence-electron chi connectivity index (χ3n) is 3.57. The van der Waals surface area contributed by atoms with Crippen molar-refractivity contribution in [2.45, 2.75) is 24.9 Å². The fraction of sp³-hybridized carbons (Fsp3) is 0.235. The molecule has 0 radical (unpaired) electrons. The SMILES string of the molecule is Cc1ccccc1CS(=O)(=O)[C@@H](C)C(=O)Nc1ccccc1. The van der Waals surface area contributed by atoms with Gasteiger partial charge in [-0.15, -0.1) is 0 Å². The van der Waals surface area contributed by atoms with Crippen LogP contribution >= 0.6 is 0 Å². The van der Waals surface area contributed by atoms with E-state index in [1.807, 2.05) is 25.1 Å². The maximum Gasteiger partial charge on any atom is 0.242 e. The summed E-state index contributed by atoms with van der Waals surface area (Å²) in [4.78, 5) is 12.1. The van der Waals surface area contributed by atoms with Gasteiger partial charge in [0.2, 0.25) is 5.91 Å². The molecule has 1 N–H and O–H groups in total. The first-order valence-corrected chi connectivity index (χ1v) is 8.73. The average molecular weight is 317 g/mol. The van der Waals surface area contributed by atoms with Crippen molar-refractivity contribution < 1.29 is 13.2 Å². The molecule has 0 heterocycles. The van der Waals surface area contributed by atoms with Crippen LogP contribution in [0.15, 0.2) is 54.6 Å². The summed E-state index contributed by atoms with van der Waals surface area (Å²) in [6, 6.07) is 16.1. The first-order valence-electron chi connectivity index (χ1n) is 7.02. The van der Waals surface area contributed by atoms with Gasteiger partial charge in [0.15, 0.2) is 9.84 Å². The van der Waals surface area contributed by atoms with E-state index >= 15 is 0 Å². The van der Waals surface area contributed by atoms with E-state index in [2.05, 4.69) is 5.32 Å². The van der Waals surface area contributed by atoms with E-state index in [1.165, 1.54) is 6.92 Å². The van der Waals surface area contributed by atoms with Crippen molar-refractivity contribution in [3.8, 4) is 0 Å². The summed E-state index contributed by atoms with van der Waals surface area (Å²) in [5.74, 6) is -0.650. The van der Waals surface area contributed by atoms with Crippen LogP contribution in [0.4, 0.5) is 5.69 Å². The standard InChI is InChI=1S/C17H19NO3S/c1-13-8-6-7-9-15(13)12-22(20,21)14(2)17(19)18-16-10-4-3-5-11-16/h3-11,14H,12H2,1-2H3,(H,18,19)/t14-/m0/s1. The zero-order chi connectivity index (χ0) is 16.2. The Morgan fingerprint density at radius 3 is 2.27 bits per heavy atom. The number of sulfone groups is 1. The van der Waals surface area contributed by atoms with Gasteiger partial charge in [0.25, 0.3) is 0 Å². The zero-order valence-corrected chi connectivity index (χ0v) is 13.4. The highest BCUT2D eigenvalue weighted by molar-refractivity contribution is 7.92. The van der Waals surface area contributed by atoms with Crippen molar-refractivity contribution in [1.82, 2.24) is 0 Å². The van der Waals surface area contributed by atoms with Crippen LogP contribution in [0.2, 0.25) is 0 Å². The van der Waals surface area contributed by atoms with Gasteiger partial charge in [0, 0.05) is 5.69 Å². The second-order valence-electron chi connectivity index (χ2n) is 5.23. The molecule has 0 saturated carbocycles. The molecular formula is C17H19NO3S. The van der Waals surface area contributed by atoms with Crippen LogP contribution in [0.5, 0.6) is 0 Å². The largest absolute Gasteiger partial charge is 0.325 e. The molecule has 0 saturated heterocycles. The zero-order valence-electron chi connectivity index (χ0n) is 12.6. The highest BCUT2D eigenvalue weighted by Crippen LogP contribution is 2.16. The topological polar surface area (TPSA) is 63.2 Å². The van der Waals surface area contributed by atoms with Gasteiger partial charge in [-0.05, 0) is 37.1 Å². The molecule has 1 atom stereocenters. The molecule has 0 aliphatic heterocycles. The Hall–Kier alpha value is -2.14. The second-order valence-corrected chi connectivity index (χ2v) is 7.55. The Morgan fingerprint density at radius 1 is 1.05 bits per heavy atom. The predicted molar refractivity (Wildman–Crippen MR) is 88.3 cm³/mol. The third kappa shape index (κ3) is 3.95. The molecule has 0 fully saturated rings. The van der Waals surface area contributed by atoms with E-state index in [1.54, 1.807) is 36.4 Å². The lowest BCUT2D eigenvalue weighted by molar-refractivity contribution is -0.115. The average Bonchev–Trinajstić information content (AvgIpc) is 2.49. The first kappa shape index (κ1) is 16.2. The van der Waals surface area contributed by atoms with E-state index in [0.717, 1.165) is 11.1 Å². The minimum absolute atomic E-state index is 0.136. The van der Waals surface area contributed by atoms with Gasteiger partial charge >= 0.3 is 0 Å². The van der Waals surface area contributed by atoms with Crippen LogP contribution in [0, 0.1) is 6.92 Å². The van der Waals surface area contributed by atoms with Crippen LogP contribution in [0.1, 0.15) is 18.1 Å². The molecule has 2 rings (SSSR count). The number of para-hydroxylation sites is 1. The molecular weight excluding hydrogens is 298 g/mol. The lowest BCUT2D eigenvalue weighted by Gasteiger charge is -2.14. The lowest BCUT2D eigenvalue weighted by atomic mass is 10.1. The molecule has 4 nitrogen and oxygen atoms in total. The van der Waals surface area contributed by atoms with E-state index in [4.69, 9.17) is 0 Å². The molecule has 2 aromatic carbocycles. The smallest absolute Gasteiger partial charge is 0.242 e. The van der Waals surface area contributed by atoms with Crippen LogP contribution < -0.4 is 5.32 Å². The van der Waals surface area contributed by atoms with Crippen LogP contribution in [-0.2, 0) is 20.4 Å². The van der Waals surface area contributed by atoms with E-state index in [-0.39, 0.29) is 5.75 Å². The van der Waals surface area contributed by atoms with Crippen LogP contribution in [-0.4, -0.2) is 19.6 Å². The van der Waals surface area contributed by atoms with Gasteiger partial charge in [0.05, 0.1) is 5.75 Å². The van der Waals surface area contributed by atoms with E-state index in [0.29, 0.717) is 5.69 Å². The molecule has 2 aromatic rings. The summed E-state index contributed by atoms with van der Waals surface area (Å²) in [7, 11) is -3.57. The van der Waals surface area contributed by atoms with Crippen molar-refractivity contribution in [3.63, 3.8) is 0 Å². The second kappa shape index (κ2) is 6.75. The third-order valence-corrected chi connectivity index (χ3v) is 5.57. The fourth-order valence-electron chi connectivity index (χ4n) is 2.04. The summed E-state index contributed by atoms with van der Waals surface area (Å²) < 4.78 is 24.8. The van der Waals surface area contributed by atoms with Gasteiger partial charge in [-0.1, -0.05) is 42.5 Å². The predicted octanol–water partition coefficient (Wildman–Crippen LogP) is 2.94. The van der Waals surface area contributed by atoms with Gasteiger partial charge in [-0.25, -0.2) is 8.42 Å². The van der Waals surface area contributed by atoms with Crippen molar-refractivity contribution in [2.24, 2.45) is 0 Å². The number of amides is 1. The maximum atomic E-state index is 12.4. The quantitative estimate of drug-likeness (QED) is 0.922. The molecule has 0 aliphatic rings. The van der Waals surface area contributed by atoms with Gasteiger partial charge in [-0.3, -0.25) is 4.79 Å². The first-order chi connectivity index (χ1) is 10.4. The number of anilines is 1.